The molecule has 0 atom stereocenters. The number of fused-ring (bicyclic) bond motifs is 1. The zero-order chi connectivity index (χ0) is 11.1. The molecule has 2 rings (SSSR count). The molecule has 0 saturated carbocycles. The molecule has 15 heavy (non-hydrogen) atoms. The van der Waals surface area contributed by atoms with Crippen LogP contribution < -0.4 is 4.72 Å². The summed E-state index contributed by atoms with van der Waals surface area (Å²) in [4.78, 5) is 3.10. The first-order valence-electron chi connectivity index (χ1n) is 4.51. The van der Waals surface area contributed by atoms with Crippen LogP contribution in [-0.2, 0) is 10.0 Å². The van der Waals surface area contributed by atoms with Crippen LogP contribution in [-0.4, -0.2) is 19.7 Å². The predicted molar refractivity (Wildman–Crippen MR) is 61.5 cm³/mol. The Morgan fingerprint density at radius 1 is 1.33 bits per heavy atom. The fourth-order valence-corrected chi connectivity index (χ4v) is 2.09. The predicted octanol–water partition coefficient (Wildman–Crippen LogP) is 1.85. The molecule has 0 bridgehead atoms. The molecule has 4 nitrogen and oxygen atoms in total. The average molecular weight is 224 g/mol. The van der Waals surface area contributed by atoms with Gasteiger partial charge in [-0.3, -0.25) is 4.72 Å². The van der Waals surface area contributed by atoms with Crippen molar-refractivity contribution in [3.63, 3.8) is 0 Å². The summed E-state index contributed by atoms with van der Waals surface area (Å²) in [5.41, 5.74) is 2.70. The van der Waals surface area contributed by atoms with E-state index < -0.39 is 10.0 Å². The lowest BCUT2D eigenvalue weighted by atomic mass is 10.2. The van der Waals surface area contributed by atoms with Crippen molar-refractivity contribution < 1.29 is 8.42 Å². The highest BCUT2D eigenvalue weighted by atomic mass is 32.2. The van der Waals surface area contributed by atoms with Crippen LogP contribution in [0, 0.1) is 6.92 Å². The topological polar surface area (TPSA) is 62.0 Å². The van der Waals surface area contributed by atoms with Gasteiger partial charge in [0.25, 0.3) is 0 Å². The van der Waals surface area contributed by atoms with Gasteiger partial charge in [0.1, 0.15) is 0 Å². The van der Waals surface area contributed by atoms with E-state index in [0.29, 0.717) is 5.69 Å². The Kier molecular flexibility index (Phi) is 2.19. The number of anilines is 1. The molecule has 1 heterocycles. The van der Waals surface area contributed by atoms with Gasteiger partial charge >= 0.3 is 0 Å². The number of aromatic amines is 1. The lowest BCUT2D eigenvalue weighted by Crippen LogP contribution is -2.09. The van der Waals surface area contributed by atoms with Crippen molar-refractivity contribution in [3.8, 4) is 0 Å². The fourth-order valence-electron chi connectivity index (χ4n) is 1.54. The van der Waals surface area contributed by atoms with E-state index in [1.807, 2.05) is 25.3 Å². The number of sulfonamides is 1. The highest BCUT2D eigenvalue weighted by Crippen LogP contribution is 2.21. The smallest absolute Gasteiger partial charge is 0.229 e. The highest BCUT2D eigenvalue weighted by Gasteiger charge is 2.04. The van der Waals surface area contributed by atoms with Gasteiger partial charge in [-0.2, -0.15) is 0 Å². The first kappa shape index (κ1) is 10.0. The molecule has 80 valence electrons. The molecular weight excluding hydrogens is 212 g/mol. The normalized spacial score (nSPS) is 11.9. The minimum absolute atomic E-state index is 0.590. The Hall–Kier alpha value is -1.49. The Bertz CT molecular complexity index is 599. The zero-order valence-corrected chi connectivity index (χ0v) is 9.35. The molecule has 5 heteroatoms. The van der Waals surface area contributed by atoms with E-state index in [1.165, 1.54) is 0 Å². The van der Waals surface area contributed by atoms with Crippen LogP contribution in [0.4, 0.5) is 5.69 Å². The van der Waals surface area contributed by atoms with Crippen molar-refractivity contribution in [3.05, 3.63) is 30.0 Å². The summed E-state index contributed by atoms with van der Waals surface area (Å²) < 4.78 is 24.5. The second-order valence-corrected chi connectivity index (χ2v) is 5.35. The van der Waals surface area contributed by atoms with Crippen LogP contribution in [0.5, 0.6) is 0 Å². The SMILES string of the molecule is Cc1c[nH]c2ccc(NS(C)(=O)=O)cc12. The maximum absolute atomic E-state index is 11.0. The van der Waals surface area contributed by atoms with E-state index >= 15 is 0 Å². The number of nitrogens with one attached hydrogen (secondary N) is 2. The van der Waals surface area contributed by atoms with Crippen molar-refractivity contribution in [1.82, 2.24) is 4.98 Å². The maximum Gasteiger partial charge on any atom is 0.229 e. The summed E-state index contributed by atoms with van der Waals surface area (Å²) in [6.07, 6.45) is 3.04. The molecule has 1 aromatic carbocycles. The van der Waals surface area contributed by atoms with Crippen LogP contribution in [0.25, 0.3) is 10.9 Å². The van der Waals surface area contributed by atoms with E-state index in [9.17, 15) is 8.42 Å². The molecule has 0 aliphatic heterocycles. The lowest BCUT2D eigenvalue weighted by Gasteiger charge is -2.03. The first-order chi connectivity index (χ1) is 6.96. The number of hydrogen-bond donors (Lipinski definition) is 2. The van der Waals surface area contributed by atoms with E-state index in [4.69, 9.17) is 0 Å². The number of aryl methyl sites for hydroxylation is 1. The molecule has 0 unspecified atom stereocenters. The number of benzene rings is 1. The number of H-pyrrole nitrogens is 1. The van der Waals surface area contributed by atoms with Gasteiger partial charge in [-0.05, 0) is 30.7 Å². The Balaban J connectivity index is 2.51. The van der Waals surface area contributed by atoms with E-state index in [2.05, 4.69) is 9.71 Å². The number of hydrogen-bond acceptors (Lipinski definition) is 2. The van der Waals surface area contributed by atoms with Crippen LogP contribution in [0.2, 0.25) is 0 Å². The van der Waals surface area contributed by atoms with Gasteiger partial charge in [-0.15, -0.1) is 0 Å². The molecule has 0 saturated heterocycles. The first-order valence-corrected chi connectivity index (χ1v) is 6.40. The maximum atomic E-state index is 11.0. The second kappa shape index (κ2) is 3.27. The molecule has 1 aromatic heterocycles. The Morgan fingerprint density at radius 3 is 2.73 bits per heavy atom. The summed E-state index contributed by atoms with van der Waals surface area (Å²) in [5.74, 6) is 0. The molecule has 0 spiro atoms. The van der Waals surface area contributed by atoms with E-state index in [0.717, 1.165) is 22.7 Å². The Labute approximate surface area is 88.4 Å². The lowest BCUT2D eigenvalue weighted by molar-refractivity contribution is 0.607. The fraction of sp³-hybridized carbons (Fsp3) is 0.200. The molecule has 2 N–H and O–H groups in total. The molecule has 0 aliphatic carbocycles. The largest absolute Gasteiger partial charge is 0.361 e. The van der Waals surface area contributed by atoms with Crippen molar-refractivity contribution in [2.24, 2.45) is 0 Å². The van der Waals surface area contributed by atoms with Crippen molar-refractivity contribution in [1.29, 1.82) is 0 Å². The van der Waals surface area contributed by atoms with Crippen molar-refractivity contribution >= 4 is 26.6 Å². The minimum atomic E-state index is -3.20. The standard InChI is InChI=1S/C10H12N2O2S/c1-7-6-11-10-4-3-8(5-9(7)10)12-15(2,13)14/h3-6,11-12H,1-2H3. The van der Waals surface area contributed by atoms with Crippen LogP contribution in [0.3, 0.4) is 0 Å². The van der Waals surface area contributed by atoms with E-state index in [1.54, 1.807) is 6.07 Å². The average Bonchev–Trinajstić information content (AvgIpc) is 2.45. The molecule has 0 radical (unpaired) electrons. The number of aromatic nitrogens is 1. The van der Waals surface area contributed by atoms with Gasteiger partial charge in [0.05, 0.1) is 6.26 Å². The van der Waals surface area contributed by atoms with Gasteiger partial charge in [0.2, 0.25) is 10.0 Å². The molecule has 0 fully saturated rings. The van der Waals surface area contributed by atoms with Gasteiger partial charge in [0.15, 0.2) is 0 Å². The van der Waals surface area contributed by atoms with Crippen LogP contribution in [0.15, 0.2) is 24.4 Å². The number of rotatable bonds is 2. The molecule has 0 amide bonds. The minimum Gasteiger partial charge on any atom is -0.361 e. The third-order valence-corrected chi connectivity index (χ3v) is 2.80. The molecule has 2 aromatic rings. The summed E-state index contributed by atoms with van der Waals surface area (Å²) in [5, 5.41) is 1.03. The van der Waals surface area contributed by atoms with Crippen molar-refractivity contribution in [2.45, 2.75) is 6.92 Å². The third kappa shape index (κ3) is 2.12. The third-order valence-electron chi connectivity index (χ3n) is 2.19. The monoisotopic (exact) mass is 224 g/mol. The Morgan fingerprint density at radius 2 is 2.07 bits per heavy atom. The quantitative estimate of drug-likeness (QED) is 0.817. The second-order valence-electron chi connectivity index (χ2n) is 3.61. The molecular formula is C10H12N2O2S. The summed E-state index contributed by atoms with van der Waals surface area (Å²) in [6.45, 7) is 1.98. The van der Waals surface area contributed by atoms with Gasteiger partial charge in [-0.1, -0.05) is 0 Å². The van der Waals surface area contributed by atoms with Gasteiger partial charge in [0, 0.05) is 22.8 Å². The van der Waals surface area contributed by atoms with Gasteiger partial charge in [-0.25, -0.2) is 8.42 Å². The van der Waals surface area contributed by atoms with Gasteiger partial charge < -0.3 is 4.98 Å². The zero-order valence-electron chi connectivity index (χ0n) is 8.53. The summed E-state index contributed by atoms with van der Waals surface area (Å²) in [7, 11) is -3.20. The molecule has 0 aliphatic rings. The highest BCUT2D eigenvalue weighted by molar-refractivity contribution is 7.92. The van der Waals surface area contributed by atoms with Crippen molar-refractivity contribution in [2.75, 3.05) is 11.0 Å². The van der Waals surface area contributed by atoms with E-state index in [-0.39, 0.29) is 0 Å². The van der Waals surface area contributed by atoms with Crippen LogP contribution in [0.1, 0.15) is 5.56 Å². The van der Waals surface area contributed by atoms with Crippen LogP contribution >= 0.6 is 0 Å². The summed E-state index contributed by atoms with van der Waals surface area (Å²) >= 11 is 0. The summed E-state index contributed by atoms with van der Waals surface area (Å²) in [6, 6.07) is 5.41.